The summed E-state index contributed by atoms with van der Waals surface area (Å²) in [5.74, 6) is -0.475. The topological polar surface area (TPSA) is 72.9 Å². The monoisotopic (exact) mass is 403 g/mol. The summed E-state index contributed by atoms with van der Waals surface area (Å²) in [5.41, 5.74) is 1.98. The number of benzene rings is 2. The van der Waals surface area contributed by atoms with Crippen LogP contribution in [-0.2, 0) is 30.7 Å². The maximum absolute atomic E-state index is 13.4. The number of nitrogens with zero attached hydrogens (tertiary/aromatic N) is 1. The number of rotatable bonds is 7. The quantitative estimate of drug-likeness (QED) is 0.665. The van der Waals surface area contributed by atoms with Crippen molar-refractivity contribution in [2.45, 2.75) is 43.9 Å². The van der Waals surface area contributed by atoms with E-state index in [1.807, 2.05) is 37.3 Å². The van der Waals surface area contributed by atoms with Crippen LogP contribution in [-0.4, -0.2) is 44.2 Å². The zero-order chi connectivity index (χ0) is 20.1. The SMILES string of the molecule is CCOC(=O)C[C@@H]1OC[C@H](Cc2ccccc2)N1S(=O)(=O)c1ccc(C)cc1. The molecular weight excluding hydrogens is 378 g/mol. The van der Waals surface area contributed by atoms with Crippen LogP contribution < -0.4 is 0 Å². The Kier molecular flexibility index (Phi) is 6.49. The number of carbonyl (C=O) groups excluding carboxylic acids is 1. The van der Waals surface area contributed by atoms with E-state index in [9.17, 15) is 13.2 Å². The van der Waals surface area contributed by atoms with E-state index in [0.717, 1.165) is 11.1 Å². The number of hydrogen-bond donors (Lipinski definition) is 0. The van der Waals surface area contributed by atoms with Crippen molar-refractivity contribution in [3.05, 3.63) is 65.7 Å². The summed E-state index contributed by atoms with van der Waals surface area (Å²) in [6, 6.07) is 16.0. The van der Waals surface area contributed by atoms with E-state index in [4.69, 9.17) is 9.47 Å². The summed E-state index contributed by atoms with van der Waals surface area (Å²) >= 11 is 0. The van der Waals surface area contributed by atoms with Crippen LogP contribution in [0.3, 0.4) is 0 Å². The summed E-state index contributed by atoms with van der Waals surface area (Å²) in [7, 11) is -3.83. The fraction of sp³-hybridized carbons (Fsp3) is 0.381. The number of carbonyl (C=O) groups is 1. The number of aryl methyl sites for hydroxylation is 1. The molecule has 0 aliphatic carbocycles. The van der Waals surface area contributed by atoms with Crippen LogP contribution in [0.4, 0.5) is 0 Å². The third-order valence-corrected chi connectivity index (χ3v) is 6.64. The van der Waals surface area contributed by atoms with Crippen molar-refractivity contribution >= 4 is 16.0 Å². The molecule has 0 N–H and O–H groups in total. The fourth-order valence-corrected chi connectivity index (χ4v) is 5.03. The highest BCUT2D eigenvalue weighted by atomic mass is 32.2. The Morgan fingerprint density at radius 1 is 1.14 bits per heavy atom. The molecule has 2 atom stereocenters. The summed E-state index contributed by atoms with van der Waals surface area (Å²) in [4.78, 5) is 12.2. The first-order chi connectivity index (χ1) is 13.4. The molecule has 28 heavy (non-hydrogen) atoms. The molecule has 1 aliphatic heterocycles. The Labute approximate surface area is 166 Å². The van der Waals surface area contributed by atoms with E-state index < -0.39 is 28.3 Å². The molecule has 0 amide bonds. The number of ether oxygens (including phenoxy) is 2. The Hall–Kier alpha value is -2.22. The normalized spacial score (nSPS) is 20.2. The molecule has 2 aromatic carbocycles. The van der Waals surface area contributed by atoms with Crippen molar-refractivity contribution in [2.24, 2.45) is 0 Å². The molecule has 0 spiro atoms. The molecule has 0 aromatic heterocycles. The van der Waals surface area contributed by atoms with Crippen LogP contribution in [0.2, 0.25) is 0 Å². The van der Waals surface area contributed by atoms with Crippen LogP contribution in [0, 0.1) is 6.92 Å². The lowest BCUT2D eigenvalue weighted by atomic mass is 10.1. The number of hydrogen-bond acceptors (Lipinski definition) is 5. The standard InChI is InChI=1S/C21H25NO5S/c1-3-26-21(23)14-20-22(28(24,25)19-11-9-16(2)10-12-19)18(15-27-20)13-17-7-5-4-6-8-17/h4-12,18,20H,3,13-15H2,1-2H3/t18-,20-/m0/s1. The largest absolute Gasteiger partial charge is 0.466 e. The summed E-state index contributed by atoms with van der Waals surface area (Å²) < 4.78 is 38.9. The van der Waals surface area contributed by atoms with Crippen molar-refractivity contribution in [1.82, 2.24) is 4.31 Å². The molecule has 1 fully saturated rings. The second-order valence-corrected chi connectivity index (χ2v) is 8.63. The molecule has 0 bridgehead atoms. The lowest BCUT2D eigenvalue weighted by Crippen LogP contribution is -2.43. The highest BCUT2D eigenvalue weighted by Gasteiger charge is 2.44. The third kappa shape index (κ3) is 4.60. The van der Waals surface area contributed by atoms with E-state index in [1.165, 1.54) is 4.31 Å². The van der Waals surface area contributed by atoms with Crippen LogP contribution in [0.15, 0.2) is 59.5 Å². The summed E-state index contributed by atoms with van der Waals surface area (Å²) in [6.07, 6.45) is -0.505. The molecular formula is C21H25NO5S. The van der Waals surface area contributed by atoms with Crippen molar-refractivity contribution in [1.29, 1.82) is 0 Å². The number of esters is 1. The van der Waals surface area contributed by atoms with Crippen LogP contribution in [0.1, 0.15) is 24.5 Å². The minimum absolute atomic E-state index is 0.135. The Morgan fingerprint density at radius 2 is 1.82 bits per heavy atom. The molecule has 1 heterocycles. The van der Waals surface area contributed by atoms with Gasteiger partial charge in [-0.3, -0.25) is 4.79 Å². The van der Waals surface area contributed by atoms with Gasteiger partial charge in [-0.2, -0.15) is 4.31 Å². The Morgan fingerprint density at radius 3 is 2.46 bits per heavy atom. The van der Waals surface area contributed by atoms with Crippen molar-refractivity contribution < 1.29 is 22.7 Å². The first-order valence-corrected chi connectivity index (χ1v) is 10.8. The summed E-state index contributed by atoms with van der Waals surface area (Å²) in [5, 5.41) is 0. The highest BCUT2D eigenvalue weighted by molar-refractivity contribution is 7.89. The average Bonchev–Trinajstić information content (AvgIpc) is 3.06. The lowest BCUT2D eigenvalue weighted by Gasteiger charge is -2.27. The molecule has 6 nitrogen and oxygen atoms in total. The maximum atomic E-state index is 13.4. The molecule has 1 saturated heterocycles. The molecule has 150 valence electrons. The van der Waals surface area contributed by atoms with Gasteiger partial charge in [0.2, 0.25) is 10.0 Å². The van der Waals surface area contributed by atoms with E-state index >= 15 is 0 Å². The van der Waals surface area contributed by atoms with Gasteiger partial charge >= 0.3 is 5.97 Å². The first-order valence-electron chi connectivity index (χ1n) is 9.33. The number of sulfonamides is 1. The summed E-state index contributed by atoms with van der Waals surface area (Å²) in [6.45, 7) is 4.08. The lowest BCUT2D eigenvalue weighted by molar-refractivity contribution is -0.146. The van der Waals surface area contributed by atoms with Crippen molar-refractivity contribution in [2.75, 3.05) is 13.2 Å². The second-order valence-electron chi connectivity index (χ2n) is 6.79. The van der Waals surface area contributed by atoms with Crippen LogP contribution in [0.25, 0.3) is 0 Å². The molecule has 7 heteroatoms. The smallest absolute Gasteiger partial charge is 0.309 e. The molecule has 1 aliphatic rings. The zero-order valence-electron chi connectivity index (χ0n) is 16.1. The van der Waals surface area contributed by atoms with Gasteiger partial charge in [0.05, 0.1) is 30.6 Å². The van der Waals surface area contributed by atoms with Crippen molar-refractivity contribution in [3.63, 3.8) is 0 Å². The van der Waals surface area contributed by atoms with E-state index in [1.54, 1.807) is 31.2 Å². The first kappa shape index (κ1) is 20.5. The maximum Gasteiger partial charge on any atom is 0.309 e. The van der Waals surface area contributed by atoms with E-state index in [-0.39, 0.29) is 24.5 Å². The average molecular weight is 404 g/mol. The second kappa shape index (κ2) is 8.86. The molecule has 0 saturated carbocycles. The third-order valence-electron chi connectivity index (χ3n) is 4.68. The van der Waals surface area contributed by atoms with Gasteiger partial charge in [-0.15, -0.1) is 0 Å². The van der Waals surface area contributed by atoms with Gasteiger partial charge in [0.15, 0.2) is 0 Å². The minimum Gasteiger partial charge on any atom is -0.466 e. The zero-order valence-corrected chi connectivity index (χ0v) is 16.9. The van der Waals surface area contributed by atoms with E-state index in [0.29, 0.717) is 6.42 Å². The molecule has 2 aromatic rings. The van der Waals surface area contributed by atoms with Gasteiger partial charge in [0.1, 0.15) is 6.23 Å². The van der Waals surface area contributed by atoms with Crippen molar-refractivity contribution in [3.8, 4) is 0 Å². The minimum atomic E-state index is -3.83. The molecule has 0 unspecified atom stereocenters. The van der Waals surface area contributed by atoms with Gasteiger partial charge in [0, 0.05) is 0 Å². The van der Waals surface area contributed by atoms with Crippen LogP contribution in [0.5, 0.6) is 0 Å². The van der Waals surface area contributed by atoms with Gasteiger partial charge in [0.25, 0.3) is 0 Å². The van der Waals surface area contributed by atoms with Gasteiger partial charge < -0.3 is 9.47 Å². The Balaban J connectivity index is 1.92. The van der Waals surface area contributed by atoms with Gasteiger partial charge in [-0.1, -0.05) is 48.0 Å². The Bertz CT molecular complexity index is 896. The van der Waals surface area contributed by atoms with E-state index in [2.05, 4.69) is 0 Å². The van der Waals surface area contributed by atoms with Gasteiger partial charge in [-0.25, -0.2) is 8.42 Å². The predicted octanol–water partition coefficient (Wildman–Crippen LogP) is 2.91. The molecule has 3 rings (SSSR count). The predicted molar refractivity (Wildman–Crippen MR) is 105 cm³/mol. The molecule has 0 radical (unpaired) electrons. The highest BCUT2D eigenvalue weighted by Crippen LogP contribution is 2.30. The van der Waals surface area contributed by atoms with Crippen LogP contribution >= 0.6 is 0 Å². The van der Waals surface area contributed by atoms with Gasteiger partial charge in [-0.05, 0) is 38.0 Å². The fourth-order valence-electron chi connectivity index (χ4n) is 3.33.